The maximum Gasteiger partial charge on any atom is 0.181 e. The van der Waals surface area contributed by atoms with Crippen molar-refractivity contribution in [2.24, 2.45) is 4.99 Å². The Labute approximate surface area is 116 Å². The molecule has 0 aliphatic heterocycles. The summed E-state index contributed by atoms with van der Waals surface area (Å²) in [7, 11) is 0. The minimum atomic E-state index is 0.129. The van der Waals surface area contributed by atoms with E-state index < -0.39 is 0 Å². The van der Waals surface area contributed by atoms with Gasteiger partial charge in [0.25, 0.3) is 0 Å². The third-order valence-electron chi connectivity index (χ3n) is 2.89. The molecule has 1 aromatic rings. The SMILES string of the molecule is CCCCCN=CCc1cccc(C(=O)CCC)n1. The van der Waals surface area contributed by atoms with Gasteiger partial charge in [0.05, 0.1) is 0 Å². The van der Waals surface area contributed by atoms with Crippen LogP contribution in [-0.2, 0) is 6.42 Å². The average Bonchev–Trinajstić information content (AvgIpc) is 2.43. The van der Waals surface area contributed by atoms with Gasteiger partial charge in [-0.2, -0.15) is 0 Å². The van der Waals surface area contributed by atoms with E-state index in [1.165, 1.54) is 12.8 Å². The Morgan fingerprint density at radius 2 is 2.11 bits per heavy atom. The second kappa shape index (κ2) is 9.42. The molecule has 3 nitrogen and oxygen atoms in total. The molecule has 1 heterocycles. The Hall–Kier alpha value is -1.51. The quantitative estimate of drug-likeness (QED) is 0.384. The fraction of sp³-hybridized carbons (Fsp3) is 0.562. The molecule has 0 bridgehead atoms. The molecule has 3 heteroatoms. The van der Waals surface area contributed by atoms with Crippen LogP contribution in [0.1, 0.15) is 62.1 Å². The first-order valence-electron chi connectivity index (χ1n) is 7.25. The van der Waals surface area contributed by atoms with E-state index in [2.05, 4.69) is 16.9 Å². The molecule has 1 aromatic heterocycles. The van der Waals surface area contributed by atoms with E-state index in [1.54, 1.807) is 6.07 Å². The van der Waals surface area contributed by atoms with Crippen LogP contribution in [0.3, 0.4) is 0 Å². The van der Waals surface area contributed by atoms with Gasteiger partial charge in [0.1, 0.15) is 5.69 Å². The molecular weight excluding hydrogens is 236 g/mol. The smallest absolute Gasteiger partial charge is 0.181 e. The van der Waals surface area contributed by atoms with Crippen LogP contribution in [0.25, 0.3) is 0 Å². The fourth-order valence-electron chi connectivity index (χ4n) is 1.81. The van der Waals surface area contributed by atoms with Gasteiger partial charge in [-0.1, -0.05) is 32.8 Å². The van der Waals surface area contributed by atoms with E-state index in [4.69, 9.17) is 0 Å². The topological polar surface area (TPSA) is 42.3 Å². The van der Waals surface area contributed by atoms with Crippen LogP contribution < -0.4 is 0 Å². The lowest BCUT2D eigenvalue weighted by Crippen LogP contribution is -2.04. The molecule has 0 radical (unpaired) electrons. The number of aromatic nitrogens is 1. The van der Waals surface area contributed by atoms with Crippen LogP contribution in [0.2, 0.25) is 0 Å². The van der Waals surface area contributed by atoms with Crippen molar-refractivity contribution < 1.29 is 4.79 Å². The predicted molar refractivity (Wildman–Crippen MR) is 80.1 cm³/mol. The van der Waals surface area contributed by atoms with Gasteiger partial charge in [0.15, 0.2) is 5.78 Å². The van der Waals surface area contributed by atoms with Crippen LogP contribution in [0.15, 0.2) is 23.2 Å². The summed E-state index contributed by atoms with van der Waals surface area (Å²) in [6.07, 6.45) is 7.65. The summed E-state index contributed by atoms with van der Waals surface area (Å²) >= 11 is 0. The van der Waals surface area contributed by atoms with Crippen molar-refractivity contribution >= 4 is 12.0 Å². The van der Waals surface area contributed by atoms with Crippen molar-refractivity contribution in [3.8, 4) is 0 Å². The predicted octanol–water partition coefficient (Wildman–Crippen LogP) is 3.87. The Morgan fingerprint density at radius 1 is 1.26 bits per heavy atom. The summed E-state index contributed by atoms with van der Waals surface area (Å²) < 4.78 is 0. The molecule has 0 saturated heterocycles. The van der Waals surface area contributed by atoms with E-state index in [0.29, 0.717) is 18.5 Å². The summed E-state index contributed by atoms with van der Waals surface area (Å²) in [6, 6.07) is 5.64. The van der Waals surface area contributed by atoms with Crippen LogP contribution in [0.5, 0.6) is 0 Å². The molecule has 0 atom stereocenters. The summed E-state index contributed by atoms with van der Waals surface area (Å²) in [4.78, 5) is 20.5. The third-order valence-corrected chi connectivity index (χ3v) is 2.89. The number of unbranched alkanes of at least 4 members (excludes halogenated alkanes) is 2. The maximum absolute atomic E-state index is 11.7. The Bertz CT molecular complexity index is 413. The molecule has 1 rings (SSSR count). The summed E-state index contributed by atoms with van der Waals surface area (Å²) in [6.45, 7) is 5.08. The average molecular weight is 260 g/mol. The highest BCUT2D eigenvalue weighted by Crippen LogP contribution is 2.04. The van der Waals surface area contributed by atoms with Gasteiger partial charge in [0, 0.05) is 31.3 Å². The van der Waals surface area contributed by atoms with Gasteiger partial charge in [-0.05, 0) is 25.0 Å². The van der Waals surface area contributed by atoms with Crippen molar-refractivity contribution in [1.82, 2.24) is 4.98 Å². The summed E-state index contributed by atoms with van der Waals surface area (Å²) in [5.74, 6) is 0.129. The first-order valence-corrected chi connectivity index (χ1v) is 7.25. The molecular formula is C16H24N2O. The summed E-state index contributed by atoms with van der Waals surface area (Å²) in [5.41, 5.74) is 1.50. The second-order valence-electron chi connectivity index (χ2n) is 4.69. The molecule has 0 aromatic carbocycles. The lowest BCUT2D eigenvalue weighted by Gasteiger charge is -2.01. The highest BCUT2D eigenvalue weighted by Gasteiger charge is 2.06. The number of nitrogens with zero attached hydrogens (tertiary/aromatic N) is 2. The number of pyridine rings is 1. The van der Waals surface area contributed by atoms with Crippen molar-refractivity contribution in [2.75, 3.05) is 6.54 Å². The Kier molecular flexibility index (Phi) is 7.71. The highest BCUT2D eigenvalue weighted by atomic mass is 16.1. The number of Topliss-reactive ketones (excluding diaryl/α,β-unsaturated/α-hetero) is 1. The zero-order valence-electron chi connectivity index (χ0n) is 12.1. The number of carbonyl (C=O) groups is 1. The number of rotatable bonds is 9. The van der Waals surface area contributed by atoms with Crippen LogP contribution >= 0.6 is 0 Å². The molecule has 0 fully saturated rings. The molecule has 0 aliphatic rings. The molecule has 0 spiro atoms. The van der Waals surface area contributed by atoms with Crippen molar-refractivity contribution in [3.63, 3.8) is 0 Å². The third kappa shape index (κ3) is 6.27. The molecule has 104 valence electrons. The monoisotopic (exact) mass is 260 g/mol. The van der Waals surface area contributed by atoms with E-state index >= 15 is 0 Å². The number of hydrogen-bond donors (Lipinski definition) is 0. The maximum atomic E-state index is 11.7. The lowest BCUT2D eigenvalue weighted by molar-refractivity contribution is 0.0976. The highest BCUT2D eigenvalue weighted by molar-refractivity contribution is 5.94. The van der Waals surface area contributed by atoms with E-state index in [-0.39, 0.29) is 5.78 Å². The first kappa shape index (κ1) is 15.5. The van der Waals surface area contributed by atoms with Gasteiger partial charge in [0.2, 0.25) is 0 Å². The minimum absolute atomic E-state index is 0.129. The first-order chi connectivity index (χ1) is 9.27. The van der Waals surface area contributed by atoms with E-state index in [1.807, 2.05) is 25.3 Å². The minimum Gasteiger partial charge on any atom is -0.297 e. The molecule has 0 amide bonds. The molecule has 0 aliphatic carbocycles. The standard InChI is InChI=1S/C16H24N2O/c1-3-5-6-12-17-13-11-14-9-7-10-15(18-14)16(19)8-4-2/h7,9-10,13H,3-6,8,11-12H2,1-2H3. The zero-order chi connectivity index (χ0) is 13.9. The Morgan fingerprint density at radius 3 is 2.84 bits per heavy atom. The molecule has 0 N–H and O–H groups in total. The van der Waals surface area contributed by atoms with Crippen LogP contribution in [0, 0.1) is 0 Å². The van der Waals surface area contributed by atoms with Crippen molar-refractivity contribution in [2.45, 2.75) is 52.4 Å². The second-order valence-corrected chi connectivity index (χ2v) is 4.69. The number of carbonyl (C=O) groups excluding carboxylic acids is 1. The van der Waals surface area contributed by atoms with E-state index in [9.17, 15) is 4.79 Å². The van der Waals surface area contributed by atoms with Crippen LogP contribution in [0.4, 0.5) is 0 Å². The lowest BCUT2D eigenvalue weighted by atomic mass is 10.1. The number of hydrogen-bond acceptors (Lipinski definition) is 3. The number of ketones is 1. The number of aliphatic imine (C=N–C) groups is 1. The van der Waals surface area contributed by atoms with Gasteiger partial charge >= 0.3 is 0 Å². The van der Waals surface area contributed by atoms with Gasteiger partial charge in [-0.3, -0.25) is 9.79 Å². The van der Waals surface area contributed by atoms with Crippen molar-refractivity contribution in [3.05, 3.63) is 29.6 Å². The molecule has 19 heavy (non-hydrogen) atoms. The normalized spacial score (nSPS) is 11.1. The summed E-state index contributed by atoms with van der Waals surface area (Å²) in [5, 5.41) is 0. The molecule has 0 saturated carbocycles. The van der Waals surface area contributed by atoms with Gasteiger partial charge in [-0.15, -0.1) is 0 Å². The van der Waals surface area contributed by atoms with Gasteiger partial charge in [-0.25, -0.2) is 4.98 Å². The van der Waals surface area contributed by atoms with Gasteiger partial charge < -0.3 is 0 Å². The van der Waals surface area contributed by atoms with Crippen LogP contribution in [-0.4, -0.2) is 23.5 Å². The Balaban J connectivity index is 2.46. The molecule has 0 unspecified atom stereocenters. The zero-order valence-corrected chi connectivity index (χ0v) is 12.1. The fourth-order valence-corrected chi connectivity index (χ4v) is 1.81. The largest absolute Gasteiger partial charge is 0.297 e. The van der Waals surface area contributed by atoms with Crippen molar-refractivity contribution in [1.29, 1.82) is 0 Å². The van der Waals surface area contributed by atoms with E-state index in [0.717, 1.165) is 25.1 Å².